The van der Waals surface area contributed by atoms with Crippen molar-refractivity contribution in [2.75, 3.05) is 13.7 Å². The van der Waals surface area contributed by atoms with Gasteiger partial charge in [-0.15, -0.1) is 0 Å². The van der Waals surface area contributed by atoms with Crippen molar-refractivity contribution in [3.05, 3.63) is 59.3 Å². The van der Waals surface area contributed by atoms with Crippen LogP contribution in [0, 0.1) is 6.92 Å². The summed E-state index contributed by atoms with van der Waals surface area (Å²) in [5.41, 5.74) is 2.50. The molecule has 0 unspecified atom stereocenters. The maximum absolute atomic E-state index is 12.0. The van der Waals surface area contributed by atoms with Gasteiger partial charge in [-0.2, -0.15) is 0 Å². The van der Waals surface area contributed by atoms with Gasteiger partial charge in [0, 0.05) is 37.3 Å². The largest absolute Gasteiger partial charge is 0.481 e. The minimum atomic E-state index is -0.175. The number of ether oxygens (including phenoxy) is 1. The molecule has 24 heavy (non-hydrogen) atoms. The van der Waals surface area contributed by atoms with Crippen molar-refractivity contribution in [3.8, 4) is 5.88 Å². The molecule has 2 rings (SSSR count). The van der Waals surface area contributed by atoms with E-state index >= 15 is 0 Å². The van der Waals surface area contributed by atoms with Crippen molar-refractivity contribution in [3.63, 3.8) is 0 Å². The Bertz CT molecular complexity index is 699. The van der Waals surface area contributed by atoms with Crippen LogP contribution in [0.1, 0.15) is 27.9 Å². The van der Waals surface area contributed by atoms with Crippen LogP contribution in [0.3, 0.4) is 0 Å². The van der Waals surface area contributed by atoms with E-state index in [-0.39, 0.29) is 18.2 Å². The average molecular weight is 327 g/mol. The van der Waals surface area contributed by atoms with Gasteiger partial charge in [0.1, 0.15) is 0 Å². The molecule has 0 aliphatic heterocycles. The summed E-state index contributed by atoms with van der Waals surface area (Å²) < 4.78 is 4.98. The number of nitrogens with one attached hydrogen (secondary N) is 2. The lowest BCUT2D eigenvalue weighted by Gasteiger charge is -2.07. The first kappa shape index (κ1) is 17.5. The highest BCUT2D eigenvalue weighted by Crippen LogP contribution is 2.06. The predicted molar refractivity (Wildman–Crippen MR) is 90.8 cm³/mol. The quantitative estimate of drug-likeness (QED) is 0.813. The maximum atomic E-state index is 12.0. The van der Waals surface area contributed by atoms with E-state index in [9.17, 15) is 9.59 Å². The molecule has 0 radical (unpaired) electrons. The molecule has 6 nitrogen and oxygen atoms in total. The van der Waals surface area contributed by atoms with Crippen LogP contribution < -0.4 is 15.4 Å². The van der Waals surface area contributed by atoms with Gasteiger partial charge >= 0.3 is 0 Å². The van der Waals surface area contributed by atoms with E-state index < -0.39 is 0 Å². The van der Waals surface area contributed by atoms with E-state index in [0.29, 0.717) is 24.5 Å². The molecule has 0 atom stereocenters. The zero-order valence-electron chi connectivity index (χ0n) is 13.8. The van der Waals surface area contributed by atoms with Crippen molar-refractivity contribution < 1.29 is 14.3 Å². The van der Waals surface area contributed by atoms with Gasteiger partial charge in [-0.1, -0.05) is 23.8 Å². The zero-order valence-corrected chi connectivity index (χ0v) is 13.8. The maximum Gasteiger partial charge on any atom is 0.251 e. The molecule has 0 bridgehead atoms. The zero-order chi connectivity index (χ0) is 17.4. The number of pyridine rings is 1. The molecular weight excluding hydrogens is 306 g/mol. The molecule has 2 aromatic rings. The summed E-state index contributed by atoms with van der Waals surface area (Å²) >= 11 is 0. The van der Waals surface area contributed by atoms with Gasteiger partial charge in [-0.3, -0.25) is 9.59 Å². The second-order valence-corrected chi connectivity index (χ2v) is 5.36. The van der Waals surface area contributed by atoms with Gasteiger partial charge in [-0.25, -0.2) is 4.98 Å². The lowest BCUT2D eigenvalue weighted by atomic mass is 10.1. The Morgan fingerprint density at radius 3 is 2.67 bits per heavy atom. The Kier molecular flexibility index (Phi) is 6.31. The number of aromatic nitrogens is 1. The topological polar surface area (TPSA) is 80.3 Å². The van der Waals surface area contributed by atoms with Gasteiger partial charge < -0.3 is 15.4 Å². The van der Waals surface area contributed by atoms with Crippen LogP contribution in [0.5, 0.6) is 5.88 Å². The Hall–Kier alpha value is -2.89. The number of hydrogen-bond acceptors (Lipinski definition) is 4. The van der Waals surface area contributed by atoms with Crippen molar-refractivity contribution in [1.29, 1.82) is 0 Å². The molecule has 6 heteroatoms. The van der Waals surface area contributed by atoms with E-state index in [1.54, 1.807) is 25.4 Å². The standard InChI is InChI=1S/C18H21N3O3/c1-13-4-3-5-15(10-13)18(23)19-9-8-16(22)20-11-14-6-7-17(24-2)21-12-14/h3-7,10,12H,8-9,11H2,1-2H3,(H,19,23)(H,20,22). The Morgan fingerprint density at radius 2 is 2.00 bits per heavy atom. The predicted octanol–water partition coefficient (Wildman–Crippen LogP) is 1.83. The van der Waals surface area contributed by atoms with Crippen molar-refractivity contribution in [2.24, 2.45) is 0 Å². The van der Waals surface area contributed by atoms with E-state index in [2.05, 4.69) is 15.6 Å². The number of hydrogen-bond donors (Lipinski definition) is 2. The van der Waals surface area contributed by atoms with Crippen LogP contribution in [0.4, 0.5) is 0 Å². The minimum absolute atomic E-state index is 0.129. The van der Waals surface area contributed by atoms with Crippen LogP contribution in [-0.2, 0) is 11.3 Å². The van der Waals surface area contributed by atoms with Crippen LogP contribution >= 0.6 is 0 Å². The summed E-state index contributed by atoms with van der Waals surface area (Å²) in [5, 5.41) is 5.53. The van der Waals surface area contributed by atoms with Gasteiger partial charge in [0.15, 0.2) is 0 Å². The third-order valence-corrected chi connectivity index (χ3v) is 3.41. The first-order valence-electron chi connectivity index (χ1n) is 7.69. The normalized spacial score (nSPS) is 10.1. The third-order valence-electron chi connectivity index (χ3n) is 3.41. The first-order chi connectivity index (χ1) is 11.6. The van der Waals surface area contributed by atoms with Crippen molar-refractivity contribution in [1.82, 2.24) is 15.6 Å². The van der Waals surface area contributed by atoms with Crippen molar-refractivity contribution in [2.45, 2.75) is 19.9 Å². The number of nitrogens with zero attached hydrogens (tertiary/aromatic N) is 1. The second-order valence-electron chi connectivity index (χ2n) is 5.36. The summed E-state index contributed by atoms with van der Waals surface area (Å²) in [7, 11) is 1.55. The highest BCUT2D eigenvalue weighted by atomic mass is 16.5. The molecule has 1 heterocycles. The number of benzene rings is 1. The summed E-state index contributed by atoms with van der Waals surface area (Å²) in [6, 6.07) is 10.9. The third kappa shape index (κ3) is 5.39. The van der Waals surface area contributed by atoms with E-state index in [1.165, 1.54) is 0 Å². The lowest BCUT2D eigenvalue weighted by Crippen LogP contribution is -2.30. The van der Waals surface area contributed by atoms with E-state index in [4.69, 9.17) is 4.74 Å². The Labute approximate surface area is 141 Å². The molecule has 2 N–H and O–H groups in total. The van der Waals surface area contributed by atoms with E-state index in [1.807, 2.05) is 31.2 Å². The molecule has 1 aromatic heterocycles. The average Bonchev–Trinajstić information content (AvgIpc) is 2.60. The molecule has 1 aromatic carbocycles. The van der Waals surface area contributed by atoms with Gasteiger partial charge in [0.2, 0.25) is 11.8 Å². The summed E-state index contributed by atoms with van der Waals surface area (Å²) in [6.07, 6.45) is 1.87. The smallest absolute Gasteiger partial charge is 0.251 e. The fraction of sp³-hybridized carbons (Fsp3) is 0.278. The van der Waals surface area contributed by atoms with Gasteiger partial charge in [0.05, 0.1) is 7.11 Å². The monoisotopic (exact) mass is 327 g/mol. The van der Waals surface area contributed by atoms with Gasteiger partial charge in [-0.05, 0) is 24.6 Å². The molecule has 0 aliphatic carbocycles. The SMILES string of the molecule is COc1ccc(CNC(=O)CCNC(=O)c2cccc(C)c2)cn1. The van der Waals surface area contributed by atoms with Crippen LogP contribution in [0.25, 0.3) is 0 Å². The minimum Gasteiger partial charge on any atom is -0.481 e. The van der Waals surface area contributed by atoms with E-state index in [0.717, 1.165) is 11.1 Å². The number of aryl methyl sites for hydroxylation is 1. The molecule has 2 amide bonds. The molecule has 0 saturated carbocycles. The molecular formula is C18H21N3O3. The molecule has 126 valence electrons. The summed E-state index contributed by atoms with van der Waals surface area (Å²) in [6.45, 7) is 2.61. The fourth-order valence-corrected chi connectivity index (χ4v) is 2.10. The Balaban J connectivity index is 1.70. The first-order valence-corrected chi connectivity index (χ1v) is 7.69. The number of rotatable bonds is 7. The number of amides is 2. The molecule has 0 saturated heterocycles. The highest BCUT2D eigenvalue weighted by Gasteiger charge is 2.07. The fourth-order valence-electron chi connectivity index (χ4n) is 2.10. The second kappa shape index (κ2) is 8.67. The van der Waals surface area contributed by atoms with Gasteiger partial charge in [0.25, 0.3) is 5.91 Å². The number of carbonyl (C=O) groups excluding carboxylic acids is 2. The molecule has 0 fully saturated rings. The van der Waals surface area contributed by atoms with Crippen LogP contribution in [0.2, 0.25) is 0 Å². The molecule has 0 aliphatic rings. The van der Waals surface area contributed by atoms with Crippen molar-refractivity contribution >= 4 is 11.8 Å². The molecule has 0 spiro atoms. The summed E-state index contributed by atoms with van der Waals surface area (Å²) in [4.78, 5) is 27.8. The van der Waals surface area contributed by atoms with Crippen LogP contribution in [0.15, 0.2) is 42.6 Å². The number of methoxy groups -OCH3 is 1. The van der Waals surface area contributed by atoms with Crippen LogP contribution in [-0.4, -0.2) is 30.5 Å². The highest BCUT2D eigenvalue weighted by molar-refractivity contribution is 5.94. The summed E-state index contributed by atoms with van der Waals surface area (Å²) in [5.74, 6) is 0.227. The lowest BCUT2D eigenvalue weighted by molar-refractivity contribution is -0.121. The number of carbonyl (C=O) groups is 2. The Morgan fingerprint density at radius 1 is 1.17 bits per heavy atom.